The first-order valence-electron chi connectivity index (χ1n) is 6.70. The zero-order valence-corrected chi connectivity index (χ0v) is 12.5. The summed E-state index contributed by atoms with van der Waals surface area (Å²) < 4.78 is 10.1. The fourth-order valence-electron chi connectivity index (χ4n) is 2.10. The van der Waals surface area contributed by atoms with Crippen molar-refractivity contribution in [1.82, 2.24) is 0 Å². The molecule has 110 valence electrons. The number of nitrogens with one attached hydrogen (secondary N) is 1. The summed E-state index contributed by atoms with van der Waals surface area (Å²) in [6.45, 7) is 2.61. The van der Waals surface area contributed by atoms with Crippen LogP contribution in [0.2, 0.25) is 0 Å². The maximum Gasteiger partial charge on any atom is 0.337 e. The SMILES string of the molecule is COC(=O)c1ccc(C)c(NCc2ccccc2OC)c1. The molecule has 0 atom stereocenters. The van der Waals surface area contributed by atoms with Gasteiger partial charge in [-0.25, -0.2) is 4.79 Å². The third kappa shape index (κ3) is 3.54. The maximum absolute atomic E-state index is 11.6. The van der Waals surface area contributed by atoms with Crippen LogP contribution in [0.1, 0.15) is 21.5 Å². The van der Waals surface area contributed by atoms with Gasteiger partial charge in [0.1, 0.15) is 5.75 Å². The largest absolute Gasteiger partial charge is 0.496 e. The second-order valence-electron chi connectivity index (χ2n) is 4.69. The van der Waals surface area contributed by atoms with E-state index in [4.69, 9.17) is 9.47 Å². The molecule has 0 aliphatic heterocycles. The van der Waals surface area contributed by atoms with Crippen LogP contribution >= 0.6 is 0 Å². The van der Waals surface area contributed by atoms with E-state index in [1.807, 2.05) is 37.3 Å². The van der Waals surface area contributed by atoms with Crippen LogP contribution in [0.3, 0.4) is 0 Å². The van der Waals surface area contributed by atoms with Crippen molar-refractivity contribution in [2.24, 2.45) is 0 Å². The minimum Gasteiger partial charge on any atom is -0.496 e. The summed E-state index contributed by atoms with van der Waals surface area (Å²) in [5.74, 6) is 0.502. The molecular weight excluding hydrogens is 266 g/mol. The van der Waals surface area contributed by atoms with Gasteiger partial charge in [-0.2, -0.15) is 0 Å². The van der Waals surface area contributed by atoms with Crippen molar-refractivity contribution >= 4 is 11.7 Å². The van der Waals surface area contributed by atoms with Crippen LogP contribution in [-0.4, -0.2) is 20.2 Å². The molecule has 0 saturated heterocycles. The molecule has 0 radical (unpaired) electrons. The average molecular weight is 285 g/mol. The maximum atomic E-state index is 11.6. The first-order chi connectivity index (χ1) is 10.2. The number of rotatable bonds is 5. The molecule has 0 saturated carbocycles. The van der Waals surface area contributed by atoms with Gasteiger partial charge in [-0.05, 0) is 30.7 Å². The van der Waals surface area contributed by atoms with E-state index in [0.29, 0.717) is 12.1 Å². The highest BCUT2D eigenvalue weighted by molar-refractivity contribution is 5.90. The molecule has 2 aromatic carbocycles. The lowest BCUT2D eigenvalue weighted by molar-refractivity contribution is 0.0601. The third-order valence-electron chi connectivity index (χ3n) is 3.32. The fraction of sp³-hybridized carbons (Fsp3) is 0.235. The highest BCUT2D eigenvalue weighted by atomic mass is 16.5. The van der Waals surface area contributed by atoms with E-state index >= 15 is 0 Å². The van der Waals surface area contributed by atoms with Crippen LogP contribution in [0.15, 0.2) is 42.5 Å². The molecule has 0 fully saturated rings. The van der Waals surface area contributed by atoms with Crippen LogP contribution < -0.4 is 10.1 Å². The second-order valence-corrected chi connectivity index (χ2v) is 4.69. The summed E-state index contributed by atoms with van der Waals surface area (Å²) in [6.07, 6.45) is 0. The lowest BCUT2D eigenvalue weighted by atomic mass is 10.1. The number of aryl methyl sites for hydroxylation is 1. The molecule has 21 heavy (non-hydrogen) atoms. The molecule has 0 aliphatic carbocycles. The molecule has 0 aromatic heterocycles. The smallest absolute Gasteiger partial charge is 0.337 e. The monoisotopic (exact) mass is 285 g/mol. The quantitative estimate of drug-likeness (QED) is 0.855. The molecule has 4 heteroatoms. The van der Waals surface area contributed by atoms with Crippen molar-refractivity contribution in [3.05, 3.63) is 59.2 Å². The van der Waals surface area contributed by atoms with Crippen molar-refractivity contribution in [2.45, 2.75) is 13.5 Å². The number of para-hydroxylation sites is 1. The van der Waals surface area contributed by atoms with Gasteiger partial charge >= 0.3 is 5.97 Å². The predicted octanol–water partition coefficient (Wildman–Crippen LogP) is 3.40. The Balaban J connectivity index is 2.17. The molecule has 2 rings (SSSR count). The molecule has 0 bridgehead atoms. The summed E-state index contributed by atoms with van der Waals surface area (Å²) in [4.78, 5) is 11.6. The molecule has 4 nitrogen and oxygen atoms in total. The van der Waals surface area contributed by atoms with Crippen LogP contribution in [0.5, 0.6) is 5.75 Å². The lowest BCUT2D eigenvalue weighted by Crippen LogP contribution is -2.06. The Morgan fingerprint density at radius 1 is 1.14 bits per heavy atom. The van der Waals surface area contributed by atoms with Gasteiger partial charge in [0.25, 0.3) is 0 Å². The van der Waals surface area contributed by atoms with E-state index < -0.39 is 0 Å². The van der Waals surface area contributed by atoms with E-state index in [9.17, 15) is 4.79 Å². The summed E-state index contributed by atoms with van der Waals surface area (Å²) in [5.41, 5.74) is 3.56. The average Bonchev–Trinajstić information content (AvgIpc) is 2.53. The number of anilines is 1. The van der Waals surface area contributed by atoms with Gasteiger partial charge in [-0.1, -0.05) is 24.3 Å². The Hall–Kier alpha value is -2.49. The molecule has 0 heterocycles. The minimum absolute atomic E-state index is 0.338. The van der Waals surface area contributed by atoms with Crippen LogP contribution in [0.25, 0.3) is 0 Å². The van der Waals surface area contributed by atoms with Gasteiger partial charge in [0.2, 0.25) is 0 Å². The molecule has 1 N–H and O–H groups in total. The number of methoxy groups -OCH3 is 2. The Morgan fingerprint density at radius 3 is 2.62 bits per heavy atom. The Morgan fingerprint density at radius 2 is 1.90 bits per heavy atom. The topological polar surface area (TPSA) is 47.6 Å². The van der Waals surface area contributed by atoms with Crippen LogP contribution in [0.4, 0.5) is 5.69 Å². The molecular formula is C17H19NO3. The Kier molecular flexibility index (Phi) is 4.82. The summed E-state index contributed by atoms with van der Waals surface area (Å²) >= 11 is 0. The second kappa shape index (κ2) is 6.79. The predicted molar refractivity (Wildman–Crippen MR) is 82.8 cm³/mol. The van der Waals surface area contributed by atoms with E-state index in [-0.39, 0.29) is 5.97 Å². The van der Waals surface area contributed by atoms with Gasteiger partial charge in [0.05, 0.1) is 19.8 Å². The number of esters is 1. The number of hydrogen-bond acceptors (Lipinski definition) is 4. The van der Waals surface area contributed by atoms with Crippen molar-refractivity contribution in [1.29, 1.82) is 0 Å². The van der Waals surface area contributed by atoms with E-state index in [2.05, 4.69) is 5.32 Å². The number of hydrogen-bond donors (Lipinski definition) is 1. The van der Waals surface area contributed by atoms with Crippen LogP contribution in [0, 0.1) is 6.92 Å². The lowest BCUT2D eigenvalue weighted by Gasteiger charge is -2.13. The van der Waals surface area contributed by atoms with Crippen LogP contribution in [-0.2, 0) is 11.3 Å². The highest BCUT2D eigenvalue weighted by Crippen LogP contribution is 2.22. The molecule has 2 aromatic rings. The van der Waals surface area contributed by atoms with E-state index in [0.717, 1.165) is 22.6 Å². The van der Waals surface area contributed by atoms with Gasteiger partial charge < -0.3 is 14.8 Å². The number of benzene rings is 2. The molecule has 0 amide bonds. The summed E-state index contributed by atoms with van der Waals surface area (Å²) in [7, 11) is 3.03. The van der Waals surface area contributed by atoms with Crippen molar-refractivity contribution in [3.8, 4) is 5.75 Å². The van der Waals surface area contributed by atoms with Gasteiger partial charge in [0, 0.05) is 17.8 Å². The number of carbonyl (C=O) groups excluding carboxylic acids is 1. The van der Waals surface area contributed by atoms with Gasteiger partial charge in [-0.3, -0.25) is 0 Å². The Bertz CT molecular complexity index is 638. The van der Waals surface area contributed by atoms with E-state index in [1.54, 1.807) is 19.2 Å². The summed E-state index contributed by atoms with van der Waals surface area (Å²) in [6, 6.07) is 13.3. The number of ether oxygens (including phenoxy) is 2. The Labute approximate surface area is 124 Å². The number of carbonyl (C=O) groups is 1. The molecule has 0 unspecified atom stereocenters. The van der Waals surface area contributed by atoms with Crippen molar-refractivity contribution in [3.63, 3.8) is 0 Å². The van der Waals surface area contributed by atoms with E-state index in [1.165, 1.54) is 7.11 Å². The van der Waals surface area contributed by atoms with Gasteiger partial charge in [-0.15, -0.1) is 0 Å². The molecule has 0 aliphatic rings. The first kappa shape index (κ1) is 14.9. The third-order valence-corrected chi connectivity index (χ3v) is 3.32. The summed E-state index contributed by atoms with van der Waals surface area (Å²) in [5, 5.41) is 3.34. The van der Waals surface area contributed by atoms with Crippen molar-refractivity contribution in [2.75, 3.05) is 19.5 Å². The standard InChI is InChI=1S/C17H19NO3/c1-12-8-9-13(17(19)21-3)10-15(12)18-11-14-6-4-5-7-16(14)20-2/h4-10,18H,11H2,1-3H3. The first-order valence-corrected chi connectivity index (χ1v) is 6.70. The van der Waals surface area contributed by atoms with Crippen molar-refractivity contribution < 1.29 is 14.3 Å². The zero-order chi connectivity index (χ0) is 15.2. The van der Waals surface area contributed by atoms with Gasteiger partial charge in [0.15, 0.2) is 0 Å². The highest BCUT2D eigenvalue weighted by Gasteiger charge is 2.08. The fourth-order valence-corrected chi connectivity index (χ4v) is 2.10. The normalized spacial score (nSPS) is 10.0. The zero-order valence-electron chi connectivity index (χ0n) is 12.5. The molecule has 0 spiro atoms. The minimum atomic E-state index is -0.338.